The van der Waals surface area contributed by atoms with Crippen LogP contribution in [0, 0.1) is 49.5 Å². The Bertz CT molecular complexity index is 966. The minimum atomic E-state index is 0. The second kappa shape index (κ2) is 11.6. The number of rotatable bonds is 0. The molecule has 0 amide bonds. The third-order valence-corrected chi connectivity index (χ3v) is 4.94. The van der Waals surface area contributed by atoms with Gasteiger partial charge in [0.2, 0.25) is 0 Å². The van der Waals surface area contributed by atoms with E-state index < -0.39 is 0 Å². The molecule has 0 nitrogen and oxygen atoms in total. The van der Waals surface area contributed by atoms with Crippen molar-refractivity contribution in [1.29, 1.82) is 0 Å². The molecule has 0 unspecified atom stereocenters. The van der Waals surface area contributed by atoms with Gasteiger partial charge in [-0.2, -0.15) is 34.4 Å². The van der Waals surface area contributed by atoms with Gasteiger partial charge in [0.05, 0.1) is 0 Å². The summed E-state index contributed by atoms with van der Waals surface area (Å²) in [5.74, 6) is 0. The van der Waals surface area contributed by atoms with E-state index >= 15 is 0 Å². The molecular weight excluding hydrogens is 420 g/mol. The van der Waals surface area contributed by atoms with Crippen molar-refractivity contribution in [3.63, 3.8) is 0 Å². The van der Waals surface area contributed by atoms with Crippen LogP contribution >= 0.6 is 0 Å². The molecule has 0 fully saturated rings. The molecule has 0 atom stereocenters. The zero-order valence-corrected chi connectivity index (χ0v) is 21.2. The van der Waals surface area contributed by atoms with Gasteiger partial charge < -0.3 is 14.9 Å². The van der Waals surface area contributed by atoms with Crippen LogP contribution in [0.4, 0.5) is 0 Å². The van der Waals surface area contributed by atoms with Crippen molar-refractivity contribution in [3.8, 4) is 0 Å². The van der Waals surface area contributed by atoms with Crippen LogP contribution in [0.2, 0.25) is 0 Å². The van der Waals surface area contributed by atoms with E-state index in [0.29, 0.717) is 0 Å². The predicted molar refractivity (Wildman–Crippen MR) is 121 cm³/mol. The second-order valence-corrected chi connectivity index (χ2v) is 6.58. The molecule has 4 rings (SSSR count). The van der Waals surface area contributed by atoms with Gasteiger partial charge in [-0.05, 0) is 0 Å². The summed E-state index contributed by atoms with van der Waals surface area (Å²) in [4.78, 5) is 0. The van der Waals surface area contributed by atoms with Crippen molar-refractivity contribution in [3.05, 3.63) is 97.3 Å². The summed E-state index contributed by atoms with van der Waals surface area (Å²) in [6, 6.07) is 19.7. The molecule has 0 bridgehead atoms. The van der Waals surface area contributed by atoms with Gasteiger partial charge in [-0.1, -0.05) is 75.7 Å². The van der Waals surface area contributed by atoms with Crippen LogP contribution in [-0.4, -0.2) is 6.88 Å². The molecule has 0 spiro atoms. The topological polar surface area (TPSA) is 0 Å². The van der Waals surface area contributed by atoms with E-state index in [0.717, 1.165) is 0 Å². The molecule has 0 aliphatic carbocycles. The van der Waals surface area contributed by atoms with Crippen molar-refractivity contribution in [2.24, 2.45) is 0 Å². The molecule has 0 aliphatic rings. The molecule has 0 saturated heterocycles. The number of aryl methyl sites for hydroxylation is 3. The molecule has 2 heteroatoms. The van der Waals surface area contributed by atoms with E-state index in [2.05, 4.69) is 96.1 Å². The van der Waals surface area contributed by atoms with E-state index in [-0.39, 0.29) is 14.9 Å². The van der Waals surface area contributed by atoms with Gasteiger partial charge in [0.1, 0.15) is 0 Å². The van der Waals surface area contributed by atoms with Crippen molar-refractivity contribution < 1.29 is 23.3 Å². The zero-order valence-electron chi connectivity index (χ0n) is 17.7. The van der Waals surface area contributed by atoms with Crippen LogP contribution in [-0.2, 0) is 23.3 Å². The SMILES string of the molecule is Cc1c[c-](C)c(C)c1C.Cc1cc2ccc3ccccc3c2[cH-]1.[CH3-].[CH3-].[Si]=[Zr]. The van der Waals surface area contributed by atoms with Gasteiger partial charge >= 0.3 is 30.2 Å². The number of hydrogen-bond acceptors (Lipinski definition) is 0. The number of benzene rings is 2. The van der Waals surface area contributed by atoms with Crippen LogP contribution in [0.25, 0.3) is 21.5 Å². The summed E-state index contributed by atoms with van der Waals surface area (Å²) in [7, 11) is 0. The Morgan fingerprint density at radius 3 is 2.00 bits per heavy atom. The molecule has 27 heavy (non-hydrogen) atoms. The van der Waals surface area contributed by atoms with E-state index in [9.17, 15) is 0 Å². The fraction of sp³-hybridized carbons (Fsp3) is 0.200. The predicted octanol–water partition coefficient (Wildman–Crippen LogP) is 7.18. The van der Waals surface area contributed by atoms with Gasteiger partial charge in [-0.25, -0.2) is 0 Å². The monoisotopic (exact) mass is 448 g/mol. The van der Waals surface area contributed by atoms with Gasteiger partial charge in [-0.15, -0.1) is 28.5 Å². The first-order valence-electron chi connectivity index (χ1n) is 8.47. The maximum absolute atomic E-state index is 3.06. The molecule has 2 radical (unpaired) electrons. The van der Waals surface area contributed by atoms with Crippen LogP contribution in [0.15, 0.2) is 54.6 Å². The molecule has 142 valence electrons. The Kier molecular flexibility index (Phi) is 11.0. The van der Waals surface area contributed by atoms with E-state index in [1.807, 2.05) is 0 Å². The van der Waals surface area contributed by atoms with Crippen molar-refractivity contribution in [1.82, 2.24) is 0 Å². The van der Waals surface area contributed by atoms with Crippen LogP contribution in [0.1, 0.15) is 27.8 Å². The number of hydrogen-bond donors (Lipinski definition) is 0. The first-order valence-corrected chi connectivity index (χ1v) is 12.7. The molecule has 0 N–H and O–H groups in total. The first kappa shape index (κ1) is 25.8. The summed E-state index contributed by atoms with van der Waals surface area (Å²) >= 11 is 1.36. The average Bonchev–Trinajstić information content (AvgIpc) is 3.12. The maximum atomic E-state index is 3.06. The van der Waals surface area contributed by atoms with E-state index in [4.69, 9.17) is 0 Å². The Hall–Kier alpha value is -1.24. The Balaban J connectivity index is 0.000000460. The zero-order chi connectivity index (χ0) is 18.6. The van der Waals surface area contributed by atoms with Gasteiger partial charge in [-0.3, -0.25) is 0 Å². The van der Waals surface area contributed by atoms with Crippen LogP contribution in [0.5, 0.6) is 0 Å². The molecule has 0 heterocycles. The van der Waals surface area contributed by atoms with Gasteiger partial charge in [0, 0.05) is 0 Å². The fourth-order valence-corrected chi connectivity index (χ4v) is 3.25. The third kappa shape index (κ3) is 5.87. The van der Waals surface area contributed by atoms with Crippen molar-refractivity contribution >= 4 is 28.4 Å². The summed E-state index contributed by atoms with van der Waals surface area (Å²) in [6.45, 7) is 13.9. The molecule has 4 aromatic carbocycles. The first-order chi connectivity index (χ1) is 12.0. The average molecular weight is 450 g/mol. The van der Waals surface area contributed by atoms with Gasteiger partial charge in [0.25, 0.3) is 0 Å². The quantitative estimate of drug-likeness (QED) is 0.197. The summed E-state index contributed by atoms with van der Waals surface area (Å²) in [5, 5.41) is 5.41. The summed E-state index contributed by atoms with van der Waals surface area (Å²) in [5.41, 5.74) is 7.09. The van der Waals surface area contributed by atoms with E-state index in [1.54, 1.807) is 0 Å². The summed E-state index contributed by atoms with van der Waals surface area (Å²) in [6.07, 6.45) is 0. The molecule has 0 aromatic heterocycles. The Labute approximate surface area is 182 Å². The number of fused-ring (bicyclic) bond motifs is 3. The van der Waals surface area contributed by atoms with E-state index in [1.165, 1.54) is 72.7 Å². The second-order valence-electron chi connectivity index (χ2n) is 6.58. The summed E-state index contributed by atoms with van der Waals surface area (Å²) < 4.78 is 0. The fourth-order valence-electron chi connectivity index (χ4n) is 3.25. The standard InChI is InChI=1S/C14H11.C9H13.2CH3.Si.Zr/c1-10-8-12-7-6-11-4-2-3-5-13(11)14(12)9-10;1-6-5-7(2)9(4)8(6)3;;;;/h2-9H,1H3;5H,1-4H3;2*1H3;;/q4*-1;;. The van der Waals surface area contributed by atoms with Crippen molar-refractivity contribution in [2.75, 3.05) is 0 Å². The minimum absolute atomic E-state index is 0. The van der Waals surface area contributed by atoms with Crippen LogP contribution in [0.3, 0.4) is 0 Å². The molecular formula is C25H30SiZr-4. The van der Waals surface area contributed by atoms with Crippen LogP contribution < -0.4 is 0 Å². The molecule has 0 aliphatic heterocycles. The van der Waals surface area contributed by atoms with Crippen molar-refractivity contribution in [2.45, 2.75) is 34.6 Å². The third-order valence-electron chi connectivity index (χ3n) is 4.94. The normalized spacial score (nSPS) is 9.33. The molecule has 0 saturated carbocycles. The van der Waals surface area contributed by atoms with Gasteiger partial charge in [0.15, 0.2) is 0 Å². The Morgan fingerprint density at radius 1 is 0.889 bits per heavy atom. The Morgan fingerprint density at radius 2 is 1.48 bits per heavy atom. The molecule has 4 aromatic rings.